The van der Waals surface area contributed by atoms with E-state index in [1.54, 1.807) is 0 Å². The van der Waals surface area contributed by atoms with Crippen molar-refractivity contribution < 1.29 is 9.53 Å². The Kier molecular flexibility index (Phi) is 5.74. The molecular formula is C14H25N3O2S. The Balaban J connectivity index is 1.70. The quantitative estimate of drug-likeness (QED) is 0.557. The van der Waals surface area contributed by atoms with Crippen molar-refractivity contribution in [3.8, 4) is 0 Å². The maximum atomic E-state index is 12.3. The fourth-order valence-corrected chi connectivity index (χ4v) is 3.36. The van der Waals surface area contributed by atoms with Gasteiger partial charge in [-0.2, -0.15) is 0 Å². The number of nitrogens with one attached hydrogen (secondary N) is 1. The molecule has 20 heavy (non-hydrogen) atoms. The minimum absolute atomic E-state index is 0.0319. The van der Waals surface area contributed by atoms with Crippen molar-refractivity contribution in [2.24, 2.45) is 11.1 Å². The number of hydrogen-bond acceptors (Lipinski definition) is 4. The van der Waals surface area contributed by atoms with Gasteiger partial charge in [-0.05, 0) is 25.8 Å². The first-order valence-corrected chi connectivity index (χ1v) is 7.94. The molecule has 1 amide bonds. The molecule has 3 N–H and O–H groups in total. The van der Waals surface area contributed by atoms with E-state index in [4.69, 9.17) is 22.7 Å². The van der Waals surface area contributed by atoms with Crippen LogP contribution in [-0.4, -0.2) is 55.2 Å². The first-order valence-electron chi connectivity index (χ1n) is 7.53. The van der Waals surface area contributed by atoms with Crippen LogP contribution in [0.25, 0.3) is 0 Å². The van der Waals surface area contributed by atoms with Gasteiger partial charge in [-0.15, -0.1) is 0 Å². The molecule has 1 aliphatic carbocycles. The number of carbonyl (C=O) groups is 1. The number of nitrogens with zero attached hydrogens (tertiary/aromatic N) is 1. The van der Waals surface area contributed by atoms with Gasteiger partial charge in [0.15, 0.2) is 0 Å². The van der Waals surface area contributed by atoms with E-state index in [0.29, 0.717) is 11.5 Å². The van der Waals surface area contributed by atoms with Crippen LogP contribution in [0.5, 0.6) is 0 Å². The van der Waals surface area contributed by atoms with Crippen LogP contribution in [-0.2, 0) is 9.53 Å². The fourth-order valence-electron chi connectivity index (χ4n) is 3.06. The second kappa shape index (κ2) is 7.33. The molecule has 0 aromatic carbocycles. The van der Waals surface area contributed by atoms with Gasteiger partial charge >= 0.3 is 0 Å². The zero-order valence-electron chi connectivity index (χ0n) is 12.0. The third-order valence-corrected chi connectivity index (χ3v) is 4.79. The van der Waals surface area contributed by atoms with E-state index < -0.39 is 5.41 Å². The molecule has 0 bridgehead atoms. The molecule has 1 aliphatic heterocycles. The summed E-state index contributed by atoms with van der Waals surface area (Å²) in [5.74, 6) is 0.0319. The Morgan fingerprint density at radius 2 is 1.95 bits per heavy atom. The molecule has 1 saturated carbocycles. The van der Waals surface area contributed by atoms with Crippen LogP contribution in [0.15, 0.2) is 0 Å². The molecule has 0 atom stereocenters. The number of thiocarbonyl (C=S) groups is 1. The van der Waals surface area contributed by atoms with Gasteiger partial charge in [0.05, 0.1) is 23.6 Å². The summed E-state index contributed by atoms with van der Waals surface area (Å²) >= 11 is 5.12. The number of amides is 1. The lowest BCUT2D eigenvalue weighted by Crippen LogP contribution is -2.47. The molecule has 0 spiro atoms. The van der Waals surface area contributed by atoms with E-state index in [0.717, 1.165) is 65.0 Å². The highest BCUT2D eigenvalue weighted by Gasteiger charge is 2.43. The number of nitrogens with two attached hydrogens (primary N) is 1. The van der Waals surface area contributed by atoms with E-state index in [-0.39, 0.29) is 5.91 Å². The van der Waals surface area contributed by atoms with Crippen molar-refractivity contribution in [1.29, 1.82) is 0 Å². The third kappa shape index (κ3) is 3.68. The molecular weight excluding hydrogens is 274 g/mol. The zero-order valence-corrected chi connectivity index (χ0v) is 12.8. The van der Waals surface area contributed by atoms with Gasteiger partial charge in [-0.1, -0.05) is 25.1 Å². The van der Waals surface area contributed by atoms with Crippen molar-refractivity contribution in [3.05, 3.63) is 0 Å². The molecule has 114 valence electrons. The molecule has 0 unspecified atom stereocenters. The van der Waals surface area contributed by atoms with Gasteiger partial charge in [0.2, 0.25) is 5.91 Å². The van der Waals surface area contributed by atoms with Gasteiger partial charge in [0.1, 0.15) is 0 Å². The number of hydrogen-bond donors (Lipinski definition) is 2. The Labute approximate surface area is 126 Å². The standard InChI is InChI=1S/C14H25N3O2S/c15-12(20)14(4-1-2-5-14)13(18)16-6-3-7-17-8-10-19-11-9-17/h1-11H2,(H2,15,20)(H,16,18). The Bertz CT molecular complexity index is 350. The molecule has 0 aromatic heterocycles. The van der Waals surface area contributed by atoms with Gasteiger partial charge < -0.3 is 15.8 Å². The predicted octanol–water partition coefficient (Wildman–Crippen LogP) is 0.671. The van der Waals surface area contributed by atoms with Crippen LogP contribution in [0.3, 0.4) is 0 Å². The minimum Gasteiger partial charge on any atom is -0.392 e. The first kappa shape index (κ1) is 15.7. The van der Waals surface area contributed by atoms with Gasteiger partial charge in [-0.3, -0.25) is 9.69 Å². The highest BCUT2D eigenvalue weighted by Crippen LogP contribution is 2.38. The van der Waals surface area contributed by atoms with Crippen LogP contribution in [0.4, 0.5) is 0 Å². The zero-order chi connectivity index (χ0) is 14.4. The topological polar surface area (TPSA) is 67.6 Å². The van der Waals surface area contributed by atoms with Crippen LogP contribution >= 0.6 is 12.2 Å². The van der Waals surface area contributed by atoms with Crippen LogP contribution in [0, 0.1) is 5.41 Å². The van der Waals surface area contributed by atoms with Gasteiger partial charge in [-0.25, -0.2) is 0 Å². The summed E-state index contributed by atoms with van der Waals surface area (Å²) in [6.07, 6.45) is 4.64. The molecule has 5 nitrogen and oxygen atoms in total. The Hall–Kier alpha value is -0.720. The molecule has 2 rings (SSSR count). The lowest BCUT2D eigenvalue weighted by atomic mass is 9.85. The number of carbonyl (C=O) groups excluding carboxylic acids is 1. The molecule has 6 heteroatoms. The summed E-state index contributed by atoms with van der Waals surface area (Å²) in [6.45, 7) is 5.31. The molecule has 2 fully saturated rings. The van der Waals surface area contributed by atoms with E-state index in [2.05, 4.69) is 10.2 Å². The lowest BCUT2D eigenvalue weighted by Gasteiger charge is -2.28. The predicted molar refractivity (Wildman–Crippen MR) is 82.6 cm³/mol. The number of rotatable bonds is 6. The van der Waals surface area contributed by atoms with E-state index in [1.807, 2.05) is 0 Å². The van der Waals surface area contributed by atoms with E-state index in [1.165, 1.54) is 0 Å². The maximum absolute atomic E-state index is 12.3. The highest BCUT2D eigenvalue weighted by molar-refractivity contribution is 7.80. The van der Waals surface area contributed by atoms with Crippen molar-refractivity contribution >= 4 is 23.1 Å². The van der Waals surface area contributed by atoms with E-state index in [9.17, 15) is 4.79 Å². The van der Waals surface area contributed by atoms with Gasteiger partial charge in [0, 0.05) is 19.6 Å². The molecule has 1 saturated heterocycles. The Morgan fingerprint density at radius 3 is 2.55 bits per heavy atom. The molecule has 1 heterocycles. The summed E-state index contributed by atoms with van der Waals surface area (Å²) in [7, 11) is 0. The van der Waals surface area contributed by atoms with Crippen molar-refractivity contribution in [3.63, 3.8) is 0 Å². The summed E-state index contributed by atoms with van der Waals surface area (Å²) in [5, 5.41) is 3.02. The minimum atomic E-state index is -0.575. The van der Waals surface area contributed by atoms with Gasteiger partial charge in [0.25, 0.3) is 0 Å². The van der Waals surface area contributed by atoms with Crippen molar-refractivity contribution in [1.82, 2.24) is 10.2 Å². The summed E-state index contributed by atoms with van der Waals surface area (Å²) < 4.78 is 5.31. The SMILES string of the molecule is NC(=S)C1(C(=O)NCCCN2CCOCC2)CCCC1. The summed E-state index contributed by atoms with van der Waals surface area (Å²) in [4.78, 5) is 15.1. The third-order valence-electron chi connectivity index (χ3n) is 4.40. The average molecular weight is 299 g/mol. The van der Waals surface area contributed by atoms with E-state index >= 15 is 0 Å². The van der Waals surface area contributed by atoms with Crippen LogP contribution < -0.4 is 11.1 Å². The number of morpholine rings is 1. The Morgan fingerprint density at radius 1 is 1.30 bits per heavy atom. The highest BCUT2D eigenvalue weighted by atomic mass is 32.1. The van der Waals surface area contributed by atoms with Crippen molar-refractivity contribution in [2.75, 3.05) is 39.4 Å². The maximum Gasteiger partial charge on any atom is 0.233 e. The average Bonchev–Trinajstić information content (AvgIpc) is 2.95. The fraction of sp³-hybridized carbons (Fsp3) is 0.857. The second-order valence-electron chi connectivity index (χ2n) is 5.72. The first-order chi connectivity index (χ1) is 9.65. The largest absolute Gasteiger partial charge is 0.392 e. The monoisotopic (exact) mass is 299 g/mol. The smallest absolute Gasteiger partial charge is 0.233 e. The lowest BCUT2D eigenvalue weighted by molar-refractivity contribution is -0.127. The van der Waals surface area contributed by atoms with Crippen LogP contribution in [0.2, 0.25) is 0 Å². The van der Waals surface area contributed by atoms with Crippen molar-refractivity contribution in [2.45, 2.75) is 32.1 Å². The number of ether oxygens (including phenoxy) is 1. The second-order valence-corrected chi connectivity index (χ2v) is 6.16. The normalized spacial score (nSPS) is 22.6. The molecule has 0 radical (unpaired) electrons. The summed E-state index contributed by atoms with van der Waals surface area (Å²) in [5.41, 5.74) is 5.23. The van der Waals surface area contributed by atoms with Crippen LogP contribution in [0.1, 0.15) is 32.1 Å². The summed E-state index contributed by atoms with van der Waals surface area (Å²) in [6, 6.07) is 0. The molecule has 2 aliphatic rings. The molecule has 0 aromatic rings.